The quantitative estimate of drug-likeness (QED) is 0.573. The van der Waals surface area contributed by atoms with Crippen molar-refractivity contribution < 1.29 is 14.3 Å². The Morgan fingerprint density at radius 3 is 2.78 bits per heavy atom. The fourth-order valence-electron chi connectivity index (χ4n) is 3.61. The van der Waals surface area contributed by atoms with Crippen molar-refractivity contribution in [2.45, 2.75) is 52.2 Å². The number of H-pyrrole nitrogens is 1. The molecule has 2 aromatic heterocycles. The molecule has 0 amide bonds. The number of aromatic amines is 1. The summed E-state index contributed by atoms with van der Waals surface area (Å²) in [6.07, 6.45) is 0.339. The van der Waals surface area contributed by atoms with Crippen molar-refractivity contribution in [1.82, 2.24) is 19.1 Å². The minimum absolute atomic E-state index is 0.0619. The largest absolute Gasteiger partial charge is 0.457 e. The van der Waals surface area contributed by atoms with Crippen LogP contribution < -0.4 is 17.0 Å². The summed E-state index contributed by atoms with van der Waals surface area (Å²) >= 11 is 0. The van der Waals surface area contributed by atoms with E-state index in [1.54, 1.807) is 0 Å². The molecule has 4 atom stereocenters. The monoisotopic (exact) mass is 377 g/mol. The zero-order valence-electron chi connectivity index (χ0n) is 15.5. The number of hydrogen-bond acceptors (Lipinski definition) is 7. The van der Waals surface area contributed by atoms with Gasteiger partial charge in [-0.1, -0.05) is 19.9 Å². The van der Waals surface area contributed by atoms with Gasteiger partial charge in [0.1, 0.15) is 0 Å². The molecule has 1 saturated heterocycles. The summed E-state index contributed by atoms with van der Waals surface area (Å²) in [7, 11) is 0. The topological polar surface area (TPSA) is 134 Å². The molecule has 0 saturated carbocycles. The zero-order chi connectivity index (χ0) is 19.9. The molecule has 0 unspecified atom stereocenters. The number of fused-ring (bicyclic) bond motifs is 1. The molecule has 0 aromatic carbocycles. The number of allylic oxidation sites excluding steroid dienone is 1. The third kappa shape index (κ3) is 3.05. The van der Waals surface area contributed by atoms with E-state index in [0.29, 0.717) is 6.42 Å². The Kier molecular flexibility index (Phi) is 4.92. The van der Waals surface area contributed by atoms with E-state index < -0.39 is 29.6 Å². The number of nitrogen functional groups attached to an aromatic ring is 1. The lowest BCUT2D eigenvalue weighted by Crippen LogP contribution is -2.35. The number of nitrogens with two attached hydrogens (primary N) is 1. The molecule has 10 heteroatoms. The molecule has 146 valence electrons. The second-order valence-electron chi connectivity index (χ2n) is 6.58. The first-order valence-corrected chi connectivity index (χ1v) is 8.74. The molecule has 1 fully saturated rings. The van der Waals surface area contributed by atoms with Crippen LogP contribution in [0.1, 0.15) is 33.4 Å². The molecule has 0 aliphatic carbocycles. The molecule has 0 bridgehead atoms. The second-order valence-corrected chi connectivity index (χ2v) is 6.58. The predicted octanol–water partition coefficient (Wildman–Crippen LogP) is 0.530. The summed E-state index contributed by atoms with van der Waals surface area (Å²) in [5.74, 6) is -0.752. The lowest BCUT2D eigenvalue weighted by Gasteiger charge is -2.21. The Morgan fingerprint density at radius 2 is 2.19 bits per heavy atom. The molecule has 3 N–H and O–H groups in total. The van der Waals surface area contributed by atoms with E-state index in [-0.39, 0.29) is 35.7 Å². The number of aromatic nitrogens is 4. The third-order valence-electron chi connectivity index (χ3n) is 4.80. The number of carbonyl (C=O) groups excluding carboxylic acids is 1. The van der Waals surface area contributed by atoms with Crippen molar-refractivity contribution in [3.05, 3.63) is 33.5 Å². The normalized spacial score (nSPS) is 25.0. The predicted molar refractivity (Wildman–Crippen MR) is 98.1 cm³/mol. The molecular formula is C17H23N5O5. The number of nitrogens with one attached hydrogen (secondary N) is 1. The Hall–Kier alpha value is -2.88. The summed E-state index contributed by atoms with van der Waals surface area (Å²) in [5.41, 5.74) is 4.77. The lowest BCUT2D eigenvalue weighted by molar-refractivity contribution is -0.153. The molecule has 1 aliphatic heterocycles. The highest BCUT2D eigenvalue weighted by Gasteiger charge is 2.46. The second kappa shape index (κ2) is 7.03. The van der Waals surface area contributed by atoms with Crippen LogP contribution >= 0.6 is 0 Å². The number of nitrogens with zero attached hydrogens (tertiary/aromatic N) is 3. The maximum absolute atomic E-state index is 13.1. The summed E-state index contributed by atoms with van der Waals surface area (Å²) < 4.78 is 14.0. The van der Waals surface area contributed by atoms with Crippen LogP contribution in [-0.2, 0) is 20.8 Å². The molecule has 2 aromatic rings. The number of rotatable bonds is 5. The highest BCUT2D eigenvalue weighted by atomic mass is 16.6. The number of imidazole rings is 1. The van der Waals surface area contributed by atoms with Crippen molar-refractivity contribution in [3.8, 4) is 0 Å². The van der Waals surface area contributed by atoms with Crippen LogP contribution in [0.5, 0.6) is 0 Å². The van der Waals surface area contributed by atoms with Crippen LogP contribution in [0.3, 0.4) is 0 Å². The molecule has 10 nitrogen and oxygen atoms in total. The molecule has 3 rings (SSSR count). The Morgan fingerprint density at radius 1 is 1.48 bits per heavy atom. The first-order valence-electron chi connectivity index (χ1n) is 8.74. The number of ether oxygens (including phenoxy) is 2. The molecule has 0 spiro atoms. The van der Waals surface area contributed by atoms with E-state index >= 15 is 0 Å². The van der Waals surface area contributed by atoms with E-state index in [1.165, 1.54) is 22.1 Å². The van der Waals surface area contributed by atoms with Crippen molar-refractivity contribution in [2.75, 3.05) is 5.73 Å². The number of carbonyl (C=O) groups is 1. The van der Waals surface area contributed by atoms with E-state index in [9.17, 15) is 14.4 Å². The number of hydrogen-bond donors (Lipinski definition) is 2. The van der Waals surface area contributed by atoms with Gasteiger partial charge in [0.15, 0.2) is 23.5 Å². The standard InChI is InChI=1S/C17H23N5O5/c1-5-7-21-11-13(19-16(18)20-14(11)24)22(17(21)25)15-12(26-9(4)23)8(3)10(6-2)27-15/h5,8,10,12,15H,1,6-7H2,2-4H3,(H3,18,19,20,24)/t8-,10-,12-,15-/m1/s1. The minimum atomic E-state index is -0.913. The van der Waals surface area contributed by atoms with Gasteiger partial charge in [-0.2, -0.15) is 4.98 Å². The van der Waals surface area contributed by atoms with Crippen molar-refractivity contribution >= 4 is 23.1 Å². The maximum atomic E-state index is 13.1. The van der Waals surface area contributed by atoms with Gasteiger partial charge in [0.05, 0.1) is 6.10 Å². The smallest absolute Gasteiger partial charge is 0.333 e. The van der Waals surface area contributed by atoms with Crippen molar-refractivity contribution in [2.24, 2.45) is 5.92 Å². The van der Waals surface area contributed by atoms with Crippen LogP contribution in [-0.4, -0.2) is 37.3 Å². The Balaban J connectivity index is 2.27. The van der Waals surface area contributed by atoms with E-state index in [1.807, 2.05) is 13.8 Å². The Bertz CT molecular complexity index is 1000. The molecule has 1 aliphatic rings. The molecule has 0 radical (unpaired) electrons. The first kappa shape index (κ1) is 18.9. The van der Waals surface area contributed by atoms with Crippen LogP contribution in [0, 0.1) is 5.92 Å². The highest BCUT2D eigenvalue weighted by Crippen LogP contribution is 2.37. The van der Waals surface area contributed by atoms with E-state index in [2.05, 4.69) is 16.5 Å². The third-order valence-corrected chi connectivity index (χ3v) is 4.80. The van der Waals surface area contributed by atoms with Crippen LogP contribution in [0.4, 0.5) is 5.95 Å². The molecule has 3 heterocycles. The van der Waals surface area contributed by atoms with Crippen molar-refractivity contribution in [1.29, 1.82) is 0 Å². The summed E-state index contributed by atoms with van der Waals surface area (Å²) in [6, 6.07) is 0. The van der Waals surface area contributed by atoms with Gasteiger partial charge < -0.3 is 15.2 Å². The maximum Gasteiger partial charge on any atom is 0.333 e. The lowest BCUT2D eigenvalue weighted by atomic mass is 9.98. The molecular weight excluding hydrogens is 354 g/mol. The van der Waals surface area contributed by atoms with Crippen LogP contribution in [0.2, 0.25) is 0 Å². The van der Waals surface area contributed by atoms with E-state index in [4.69, 9.17) is 15.2 Å². The Labute approximate surface area is 154 Å². The number of anilines is 1. The van der Waals surface area contributed by atoms with Gasteiger partial charge in [-0.25, -0.2) is 9.36 Å². The van der Waals surface area contributed by atoms with Gasteiger partial charge in [-0.3, -0.25) is 19.1 Å². The average Bonchev–Trinajstić information content (AvgIpc) is 3.03. The van der Waals surface area contributed by atoms with Gasteiger partial charge in [0, 0.05) is 19.4 Å². The van der Waals surface area contributed by atoms with Gasteiger partial charge in [0.2, 0.25) is 5.95 Å². The van der Waals surface area contributed by atoms with Crippen LogP contribution in [0.25, 0.3) is 11.2 Å². The SMILES string of the molecule is C=CCn1c(=O)n([C@@H]2O[C@H](CC)[C@@H](C)[C@H]2OC(C)=O)c2nc(N)[nH]c(=O)c21. The first-order chi connectivity index (χ1) is 12.8. The number of esters is 1. The van der Waals surface area contributed by atoms with Gasteiger partial charge in [0.25, 0.3) is 5.56 Å². The fraction of sp³-hybridized carbons (Fsp3) is 0.529. The minimum Gasteiger partial charge on any atom is -0.457 e. The summed E-state index contributed by atoms with van der Waals surface area (Å²) in [6.45, 7) is 8.86. The fourth-order valence-corrected chi connectivity index (χ4v) is 3.61. The van der Waals surface area contributed by atoms with Gasteiger partial charge in [-0.05, 0) is 6.42 Å². The molecule has 27 heavy (non-hydrogen) atoms. The summed E-state index contributed by atoms with van der Waals surface area (Å²) in [5, 5.41) is 0. The zero-order valence-corrected chi connectivity index (χ0v) is 15.5. The van der Waals surface area contributed by atoms with Gasteiger partial charge in [-0.15, -0.1) is 6.58 Å². The average molecular weight is 377 g/mol. The highest BCUT2D eigenvalue weighted by molar-refractivity contribution is 5.72. The van der Waals surface area contributed by atoms with Crippen molar-refractivity contribution in [3.63, 3.8) is 0 Å². The summed E-state index contributed by atoms with van der Waals surface area (Å²) in [4.78, 5) is 43.6. The van der Waals surface area contributed by atoms with E-state index in [0.717, 1.165) is 0 Å². The van der Waals surface area contributed by atoms with Gasteiger partial charge >= 0.3 is 11.7 Å². The van der Waals surface area contributed by atoms with Crippen LogP contribution in [0.15, 0.2) is 22.2 Å².